The molecular weight excluding hydrogens is 338 g/mol. The predicted molar refractivity (Wildman–Crippen MR) is 101 cm³/mol. The molecule has 1 amide bonds. The molecule has 134 valence electrons. The van der Waals surface area contributed by atoms with Crippen LogP contribution in [-0.2, 0) is 16.6 Å². The maximum atomic E-state index is 12.1. The van der Waals surface area contributed by atoms with Gasteiger partial charge in [-0.05, 0) is 56.7 Å². The largest absolute Gasteiger partial charge is 0.381 e. The van der Waals surface area contributed by atoms with E-state index >= 15 is 0 Å². The van der Waals surface area contributed by atoms with Crippen LogP contribution in [0, 0.1) is 0 Å². The Morgan fingerprint density at radius 3 is 2.24 bits per heavy atom. The fraction of sp³-hybridized carbons (Fsp3) is 0.278. The number of primary amides is 1. The number of hydrogen-bond acceptors (Lipinski definition) is 4. The summed E-state index contributed by atoms with van der Waals surface area (Å²) >= 11 is 0. The molecule has 6 nitrogen and oxygen atoms in total. The van der Waals surface area contributed by atoms with E-state index in [0.717, 1.165) is 11.3 Å². The molecule has 0 heterocycles. The SMILES string of the molecule is CC(C)(C)S(=O)(=O)Nc1ccc(CNc2cccc(C(N)=O)c2)cc1. The molecule has 0 spiro atoms. The number of nitrogens with two attached hydrogens (primary N) is 1. The Morgan fingerprint density at radius 1 is 1.04 bits per heavy atom. The van der Waals surface area contributed by atoms with Gasteiger partial charge in [-0.1, -0.05) is 18.2 Å². The highest BCUT2D eigenvalue weighted by Gasteiger charge is 2.28. The van der Waals surface area contributed by atoms with Crippen LogP contribution < -0.4 is 15.8 Å². The van der Waals surface area contributed by atoms with E-state index in [-0.39, 0.29) is 0 Å². The monoisotopic (exact) mass is 361 g/mol. The smallest absolute Gasteiger partial charge is 0.248 e. The summed E-state index contributed by atoms with van der Waals surface area (Å²) in [5.74, 6) is -0.473. The molecule has 0 atom stereocenters. The zero-order valence-electron chi connectivity index (χ0n) is 14.5. The van der Waals surface area contributed by atoms with Gasteiger partial charge in [0, 0.05) is 23.5 Å². The lowest BCUT2D eigenvalue weighted by Crippen LogP contribution is -2.33. The number of carbonyl (C=O) groups is 1. The molecule has 25 heavy (non-hydrogen) atoms. The third kappa shape index (κ3) is 4.96. The molecule has 0 radical (unpaired) electrons. The average Bonchev–Trinajstić information content (AvgIpc) is 2.53. The summed E-state index contributed by atoms with van der Waals surface area (Å²) in [4.78, 5) is 11.2. The van der Waals surface area contributed by atoms with Crippen molar-refractivity contribution >= 4 is 27.3 Å². The third-order valence-electron chi connectivity index (χ3n) is 3.66. The fourth-order valence-corrected chi connectivity index (χ4v) is 2.74. The van der Waals surface area contributed by atoms with Crippen LogP contribution in [0.1, 0.15) is 36.7 Å². The van der Waals surface area contributed by atoms with Crippen LogP contribution in [0.4, 0.5) is 11.4 Å². The molecule has 0 fully saturated rings. The Balaban J connectivity index is 2.01. The molecule has 0 bridgehead atoms. The standard InChI is InChI=1S/C18H23N3O3S/c1-18(2,3)25(23,24)21-15-9-7-13(8-10-15)12-20-16-6-4-5-14(11-16)17(19)22/h4-11,20-21H,12H2,1-3H3,(H2,19,22). The Kier molecular flexibility index (Phi) is 5.37. The van der Waals surface area contributed by atoms with E-state index in [2.05, 4.69) is 10.0 Å². The molecule has 0 saturated heterocycles. The van der Waals surface area contributed by atoms with Crippen molar-refractivity contribution in [3.8, 4) is 0 Å². The average molecular weight is 361 g/mol. The van der Waals surface area contributed by atoms with Crippen molar-refractivity contribution < 1.29 is 13.2 Å². The molecule has 0 saturated carbocycles. The quantitative estimate of drug-likeness (QED) is 0.736. The van der Waals surface area contributed by atoms with E-state index in [1.54, 1.807) is 51.1 Å². The van der Waals surface area contributed by atoms with E-state index < -0.39 is 20.7 Å². The number of carbonyl (C=O) groups excluding carboxylic acids is 1. The Labute approximate surface area is 148 Å². The number of hydrogen-bond donors (Lipinski definition) is 3. The Morgan fingerprint density at radius 2 is 1.68 bits per heavy atom. The van der Waals surface area contributed by atoms with Crippen LogP contribution in [0.25, 0.3) is 0 Å². The van der Waals surface area contributed by atoms with E-state index in [1.807, 2.05) is 18.2 Å². The first kappa shape index (κ1) is 18.8. The van der Waals surface area contributed by atoms with Crippen LogP contribution in [0.3, 0.4) is 0 Å². The first-order valence-electron chi connectivity index (χ1n) is 7.83. The first-order chi connectivity index (χ1) is 11.6. The van der Waals surface area contributed by atoms with E-state index in [9.17, 15) is 13.2 Å². The summed E-state index contributed by atoms with van der Waals surface area (Å²) in [6, 6.07) is 14.1. The number of rotatable bonds is 6. The highest BCUT2D eigenvalue weighted by Crippen LogP contribution is 2.20. The topological polar surface area (TPSA) is 101 Å². The van der Waals surface area contributed by atoms with Crippen LogP contribution in [-0.4, -0.2) is 19.1 Å². The van der Waals surface area contributed by atoms with Gasteiger partial charge in [-0.25, -0.2) is 8.42 Å². The molecule has 0 unspecified atom stereocenters. The number of nitrogens with one attached hydrogen (secondary N) is 2. The van der Waals surface area contributed by atoms with Crippen LogP contribution >= 0.6 is 0 Å². The second-order valence-corrected chi connectivity index (χ2v) is 9.15. The van der Waals surface area contributed by atoms with Crippen molar-refractivity contribution in [2.24, 2.45) is 5.73 Å². The van der Waals surface area contributed by atoms with Gasteiger partial charge in [0.05, 0.1) is 4.75 Å². The molecule has 4 N–H and O–H groups in total. The summed E-state index contributed by atoms with van der Waals surface area (Å²) < 4.78 is 26.0. The van der Waals surface area contributed by atoms with Gasteiger partial charge in [0.15, 0.2) is 0 Å². The molecule has 0 aliphatic carbocycles. The van der Waals surface area contributed by atoms with E-state index in [0.29, 0.717) is 17.8 Å². The van der Waals surface area contributed by atoms with E-state index in [1.165, 1.54) is 0 Å². The predicted octanol–water partition coefficient (Wildman–Crippen LogP) is 2.94. The van der Waals surface area contributed by atoms with Gasteiger partial charge in [-0.2, -0.15) is 0 Å². The van der Waals surface area contributed by atoms with Crippen LogP contribution in [0.2, 0.25) is 0 Å². The second kappa shape index (κ2) is 7.14. The van der Waals surface area contributed by atoms with Gasteiger partial charge in [0.25, 0.3) is 0 Å². The minimum Gasteiger partial charge on any atom is -0.381 e. The Hall–Kier alpha value is -2.54. The molecule has 2 aromatic carbocycles. The van der Waals surface area contributed by atoms with Gasteiger partial charge < -0.3 is 11.1 Å². The van der Waals surface area contributed by atoms with Crippen molar-refractivity contribution in [3.05, 3.63) is 59.7 Å². The highest BCUT2D eigenvalue weighted by atomic mass is 32.2. The van der Waals surface area contributed by atoms with Gasteiger partial charge in [-0.3, -0.25) is 9.52 Å². The van der Waals surface area contributed by atoms with Crippen molar-refractivity contribution in [2.75, 3.05) is 10.0 Å². The zero-order valence-corrected chi connectivity index (χ0v) is 15.4. The maximum absolute atomic E-state index is 12.1. The number of anilines is 2. The Bertz CT molecular complexity index is 854. The minimum atomic E-state index is -3.44. The molecule has 0 aliphatic rings. The molecule has 0 aromatic heterocycles. The highest BCUT2D eigenvalue weighted by molar-refractivity contribution is 7.94. The summed E-state index contributed by atoms with van der Waals surface area (Å²) in [5.41, 5.74) is 7.99. The number of sulfonamides is 1. The number of benzene rings is 2. The lowest BCUT2D eigenvalue weighted by atomic mass is 10.1. The minimum absolute atomic E-state index is 0.442. The molecular formula is C18H23N3O3S. The molecule has 2 aromatic rings. The van der Waals surface area contributed by atoms with Crippen molar-refractivity contribution in [2.45, 2.75) is 32.1 Å². The molecule has 0 aliphatic heterocycles. The van der Waals surface area contributed by atoms with Gasteiger partial charge in [0.2, 0.25) is 15.9 Å². The van der Waals surface area contributed by atoms with Gasteiger partial charge in [0.1, 0.15) is 0 Å². The summed E-state index contributed by atoms with van der Waals surface area (Å²) in [7, 11) is -3.44. The van der Waals surface area contributed by atoms with Crippen molar-refractivity contribution in [3.63, 3.8) is 0 Å². The van der Waals surface area contributed by atoms with E-state index in [4.69, 9.17) is 5.73 Å². The molecule has 2 rings (SSSR count). The number of amides is 1. The van der Waals surface area contributed by atoms with Gasteiger partial charge in [-0.15, -0.1) is 0 Å². The first-order valence-corrected chi connectivity index (χ1v) is 9.32. The normalized spacial score (nSPS) is 11.8. The van der Waals surface area contributed by atoms with Crippen LogP contribution in [0.5, 0.6) is 0 Å². The van der Waals surface area contributed by atoms with Crippen molar-refractivity contribution in [1.82, 2.24) is 0 Å². The lowest BCUT2D eigenvalue weighted by molar-refractivity contribution is 0.100. The summed E-state index contributed by atoms with van der Waals surface area (Å²) in [5, 5.41) is 3.20. The maximum Gasteiger partial charge on any atom is 0.248 e. The fourth-order valence-electron chi connectivity index (χ4n) is 1.99. The molecule has 7 heteroatoms. The second-order valence-electron chi connectivity index (χ2n) is 6.71. The lowest BCUT2D eigenvalue weighted by Gasteiger charge is -2.20. The van der Waals surface area contributed by atoms with Gasteiger partial charge >= 0.3 is 0 Å². The van der Waals surface area contributed by atoms with Crippen LogP contribution in [0.15, 0.2) is 48.5 Å². The summed E-state index contributed by atoms with van der Waals surface area (Å²) in [6.45, 7) is 5.48. The van der Waals surface area contributed by atoms with Crippen molar-refractivity contribution in [1.29, 1.82) is 0 Å². The zero-order chi connectivity index (χ0) is 18.7. The third-order valence-corrected chi connectivity index (χ3v) is 5.77. The summed E-state index contributed by atoms with van der Waals surface area (Å²) in [6.07, 6.45) is 0.